The van der Waals surface area contributed by atoms with E-state index >= 15 is 0 Å². The molecule has 1 aliphatic rings. The van der Waals surface area contributed by atoms with Crippen molar-refractivity contribution < 1.29 is 14.3 Å². The molecule has 0 spiro atoms. The van der Waals surface area contributed by atoms with Crippen molar-refractivity contribution in [3.8, 4) is 5.75 Å². The molecule has 0 heterocycles. The Bertz CT molecular complexity index is 773. The second-order valence-corrected chi connectivity index (χ2v) is 6.73. The van der Waals surface area contributed by atoms with Crippen molar-refractivity contribution in [2.24, 2.45) is 11.7 Å². The van der Waals surface area contributed by atoms with Gasteiger partial charge >= 0.3 is 0 Å². The van der Waals surface area contributed by atoms with Crippen LogP contribution in [0.15, 0.2) is 54.6 Å². The maximum atomic E-state index is 12.9. The molecule has 142 valence electrons. The average Bonchev–Trinajstić information content (AvgIpc) is 3.55. The first-order valence-electron chi connectivity index (χ1n) is 9.12. The van der Waals surface area contributed by atoms with E-state index in [4.69, 9.17) is 10.5 Å². The number of carbonyl (C=O) groups excluding carboxylic acids is 2. The molecule has 27 heavy (non-hydrogen) atoms. The molecule has 2 amide bonds. The molecule has 2 aromatic rings. The van der Waals surface area contributed by atoms with Crippen LogP contribution in [0, 0.1) is 5.92 Å². The molecule has 1 aliphatic carbocycles. The summed E-state index contributed by atoms with van der Waals surface area (Å²) in [6.07, 6.45) is 2.16. The van der Waals surface area contributed by atoms with Crippen LogP contribution in [0.25, 0.3) is 0 Å². The minimum Gasteiger partial charge on any atom is -0.497 e. The van der Waals surface area contributed by atoms with Gasteiger partial charge in [0.1, 0.15) is 11.8 Å². The largest absolute Gasteiger partial charge is 0.497 e. The molecule has 0 aliphatic heterocycles. The van der Waals surface area contributed by atoms with Gasteiger partial charge in [-0.1, -0.05) is 30.3 Å². The average molecular weight is 367 g/mol. The highest BCUT2D eigenvalue weighted by molar-refractivity contribution is 5.98. The monoisotopic (exact) mass is 367 g/mol. The lowest BCUT2D eigenvalue weighted by Crippen LogP contribution is -2.47. The lowest BCUT2D eigenvalue weighted by atomic mass is 10.0. The summed E-state index contributed by atoms with van der Waals surface area (Å²) in [5.41, 5.74) is 6.99. The smallest absolute Gasteiger partial charge is 0.252 e. The maximum Gasteiger partial charge on any atom is 0.252 e. The van der Waals surface area contributed by atoms with Gasteiger partial charge in [-0.15, -0.1) is 0 Å². The first-order chi connectivity index (χ1) is 13.1. The van der Waals surface area contributed by atoms with E-state index in [-0.39, 0.29) is 17.9 Å². The van der Waals surface area contributed by atoms with Crippen LogP contribution in [-0.4, -0.2) is 31.5 Å². The Morgan fingerprint density at radius 2 is 1.74 bits per heavy atom. The predicted octanol–water partition coefficient (Wildman–Crippen LogP) is 2.02. The van der Waals surface area contributed by atoms with Crippen LogP contribution < -0.4 is 21.1 Å². The Labute approximate surface area is 159 Å². The van der Waals surface area contributed by atoms with Gasteiger partial charge in [-0.2, -0.15) is 0 Å². The molecule has 6 heteroatoms. The molecule has 1 saturated carbocycles. The lowest BCUT2D eigenvalue weighted by molar-refractivity contribution is -0.123. The predicted molar refractivity (Wildman–Crippen MR) is 103 cm³/mol. The van der Waals surface area contributed by atoms with Crippen LogP contribution >= 0.6 is 0 Å². The second kappa shape index (κ2) is 8.68. The Balaban J connectivity index is 1.76. The summed E-state index contributed by atoms with van der Waals surface area (Å²) >= 11 is 0. The first-order valence-corrected chi connectivity index (χ1v) is 9.12. The topological polar surface area (TPSA) is 93.4 Å². The standard InChI is InChI=1S/C21H25N3O3/c1-27-17-11-9-16(10-12-17)20(25)24-19(15-5-3-2-4-6-15)21(26)23-18(13-22)14-7-8-14/h2-6,9-12,14,18-19H,7-8,13,22H2,1H3,(H,23,26)(H,24,25). The summed E-state index contributed by atoms with van der Waals surface area (Å²) in [5.74, 6) is 0.537. The minimum atomic E-state index is -0.784. The zero-order valence-electron chi connectivity index (χ0n) is 15.4. The Morgan fingerprint density at radius 3 is 2.30 bits per heavy atom. The van der Waals surface area contributed by atoms with Gasteiger partial charge in [-0.25, -0.2) is 0 Å². The van der Waals surface area contributed by atoms with Gasteiger partial charge in [0.15, 0.2) is 0 Å². The van der Waals surface area contributed by atoms with Crippen LogP contribution in [0.2, 0.25) is 0 Å². The SMILES string of the molecule is COc1ccc(C(=O)NC(C(=O)NC(CN)C2CC2)c2ccccc2)cc1. The quantitative estimate of drug-likeness (QED) is 0.665. The third-order valence-corrected chi connectivity index (χ3v) is 4.80. The normalized spacial score (nSPS) is 15.5. The third kappa shape index (κ3) is 4.86. The molecule has 6 nitrogen and oxygen atoms in total. The Kier molecular flexibility index (Phi) is 6.08. The van der Waals surface area contributed by atoms with E-state index in [9.17, 15) is 9.59 Å². The van der Waals surface area contributed by atoms with Crippen molar-refractivity contribution in [3.05, 3.63) is 65.7 Å². The zero-order valence-corrected chi connectivity index (χ0v) is 15.4. The van der Waals surface area contributed by atoms with Gasteiger partial charge in [-0.05, 0) is 48.6 Å². The summed E-state index contributed by atoms with van der Waals surface area (Å²) < 4.78 is 5.11. The van der Waals surface area contributed by atoms with Crippen molar-refractivity contribution >= 4 is 11.8 Å². The summed E-state index contributed by atoms with van der Waals surface area (Å²) in [6.45, 7) is 0.393. The fourth-order valence-electron chi connectivity index (χ4n) is 3.04. The molecule has 1 fully saturated rings. The Hall–Kier alpha value is -2.86. The van der Waals surface area contributed by atoms with Gasteiger partial charge in [0, 0.05) is 18.2 Å². The van der Waals surface area contributed by atoms with E-state index in [1.807, 2.05) is 30.3 Å². The number of hydrogen-bond acceptors (Lipinski definition) is 4. The van der Waals surface area contributed by atoms with Gasteiger partial charge in [0.2, 0.25) is 5.91 Å². The highest BCUT2D eigenvalue weighted by Gasteiger charge is 2.33. The second-order valence-electron chi connectivity index (χ2n) is 6.73. The van der Waals surface area contributed by atoms with Gasteiger partial charge in [0.05, 0.1) is 7.11 Å². The minimum absolute atomic E-state index is 0.0541. The fourth-order valence-corrected chi connectivity index (χ4v) is 3.04. The van der Waals surface area contributed by atoms with Crippen LogP contribution in [-0.2, 0) is 4.79 Å². The molecular formula is C21H25N3O3. The highest BCUT2D eigenvalue weighted by atomic mass is 16.5. The van der Waals surface area contributed by atoms with E-state index in [2.05, 4.69) is 10.6 Å². The summed E-state index contributed by atoms with van der Waals surface area (Å²) in [5, 5.41) is 5.85. The highest BCUT2D eigenvalue weighted by Crippen LogP contribution is 2.32. The molecule has 2 atom stereocenters. The molecule has 0 bridgehead atoms. The number of rotatable bonds is 8. The third-order valence-electron chi connectivity index (χ3n) is 4.80. The molecular weight excluding hydrogens is 342 g/mol. The molecule has 0 radical (unpaired) electrons. The van der Waals surface area contributed by atoms with Crippen LogP contribution in [0.5, 0.6) is 5.75 Å². The molecule has 0 aromatic heterocycles. The number of carbonyl (C=O) groups is 2. The number of hydrogen-bond donors (Lipinski definition) is 3. The molecule has 3 rings (SSSR count). The number of ether oxygens (including phenoxy) is 1. The Morgan fingerprint density at radius 1 is 1.07 bits per heavy atom. The molecule has 4 N–H and O–H groups in total. The van der Waals surface area contributed by atoms with Crippen molar-refractivity contribution in [1.82, 2.24) is 10.6 Å². The summed E-state index contributed by atoms with van der Waals surface area (Å²) in [7, 11) is 1.57. The first kappa shape index (κ1) is 18.9. The van der Waals surface area contributed by atoms with Crippen molar-refractivity contribution in [2.45, 2.75) is 24.9 Å². The maximum absolute atomic E-state index is 12.9. The van der Waals surface area contributed by atoms with Crippen molar-refractivity contribution in [3.63, 3.8) is 0 Å². The van der Waals surface area contributed by atoms with E-state index < -0.39 is 6.04 Å². The number of benzene rings is 2. The summed E-state index contributed by atoms with van der Waals surface area (Å²) in [4.78, 5) is 25.6. The number of nitrogens with two attached hydrogens (primary N) is 1. The van der Waals surface area contributed by atoms with Crippen molar-refractivity contribution in [1.29, 1.82) is 0 Å². The lowest BCUT2D eigenvalue weighted by Gasteiger charge is -2.23. The van der Waals surface area contributed by atoms with E-state index in [1.54, 1.807) is 31.4 Å². The van der Waals surface area contributed by atoms with E-state index in [1.165, 1.54) is 0 Å². The van der Waals surface area contributed by atoms with Gasteiger partial charge in [-0.3, -0.25) is 9.59 Å². The van der Waals surface area contributed by atoms with Crippen LogP contribution in [0.4, 0.5) is 0 Å². The fraction of sp³-hybridized carbons (Fsp3) is 0.333. The molecule has 2 unspecified atom stereocenters. The number of amides is 2. The van der Waals surface area contributed by atoms with E-state index in [0.717, 1.165) is 18.4 Å². The van der Waals surface area contributed by atoms with Crippen LogP contribution in [0.1, 0.15) is 34.8 Å². The van der Waals surface area contributed by atoms with Crippen LogP contribution in [0.3, 0.4) is 0 Å². The number of methoxy groups -OCH3 is 1. The summed E-state index contributed by atoms with van der Waals surface area (Å²) in [6, 6.07) is 15.1. The molecule has 2 aromatic carbocycles. The van der Waals surface area contributed by atoms with Gasteiger partial charge < -0.3 is 21.1 Å². The number of nitrogens with one attached hydrogen (secondary N) is 2. The van der Waals surface area contributed by atoms with E-state index in [0.29, 0.717) is 23.8 Å². The zero-order chi connectivity index (χ0) is 19.2. The van der Waals surface area contributed by atoms with Crippen molar-refractivity contribution in [2.75, 3.05) is 13.7 Å². The van der Waals surface area contributed by atoms with Gasteiger partial charge in [0.25, 0.3) is 5.91 Å². The molecule has 0 saturated heterocycles.